The van der Waals surface area contributed by atoms with Gasteiger partial charge in [-0.2, -0.15) is 5.26 Å². The number of hydrogen-bond donors (Lipinski definition) is 1. The van der Waals surface area contributed by atoms with Gasteiger partial charge in [-0.3, -0.25) is 15.1 Å². The van der Waals surface area contributed by atoms with Gasteiger partial charge < -0.3 is 5.32 Å². The Morgan fingerprint density at radius 2 is 2.15 bits per heavy atom. The summed E-state index contributed by atoms with van der Waals surface area (Å²) in [6.45, 7) is 1.53. The summed E-state index contributed by atoms with van der Waals surface area (Å²) in [5, 5.41) is 22.8. The van der Waals surface area contributed by atoms with Gasteiger partial charge >= 0.3 is 5.69 Å². The minimum Gasteiger partial charge on any atom is -0.357 e. The summed E-state index contributed by atoms with van der Waals surface area (Å²) in [5.74, 6) is 0.269. The summed E-state index contributed by atoms with van der Waals surface area (Å²) in [6.07, 6.45) is 2.80. The number of rotatable bonds is 3. The normalized spacial score (nSPS) is 9.85. The zero-order valence-electron chi connectivity index (χ0n) is 10.8. The molecule has 2 rings (SSSR count). The summed E-state index contributed by atoms with van der Waals surface area (Å²) in [5.41, 5.74) is 0.890. The molecule has 0 saturated carbocycles. The standard InChI is InChI=1S/C12H10N6O2/c1-7-11(18(19)20)10(17-12(14-2)16-7)9-3-8(4-13)5-15-6-9/h3,5-6H,1-2H3,(H,14,16,17). The quantitative estimate of drug-likeness (QED) is 0.665. The monoisotopic (exact) mass is 270 g/mol. The molecule has 2 aromatic heterocycles. The lowest BCUT2D eigenvalue weighted by Crippen LogP contribution is -2.05. The van der Waals surface area contributed by atoms with Crippen molar-refractivity contribution in [3.8, 4) is 17.3 Å². The van der Waals surface area contributed by atoms with Crippen LogP contribution in [0.5, 0.6) is 0 Å². The van der Waals surface area contributed by atoms with E-state index in [-0.39, 0.29) is 23.0 Å². The Labute approximate surface area is 114 Å². The molecule has 0 spiro atoms. The molecule has 2 heterocycles. The van der Waals surface area contributed by atoms with E-state index < -0.39 is 4.92 Å². The number of aryl methyl sites for hydroxylation is 1. The number of aromatic nitrogens is 3. The maximum absolute atomic E-state index is 11.2. The summed E-state index contributed by atoms with van der Waals surface area (Å²) in [7, 11) is 1.62. The SMILES string of the molecule is CNc1nc(C)c([N+](=O)[O-])c(-c2cncc(C#N)c2)n1. The minimum atomic E-state index is -0.539. The van der Waals surface area contributed by atoms with Crippen molar-refractivity contribution in [3.63, 3.8) is 0 Å². The van der Waals surface area contributed by atoms with Gasteiger partial charge in [0.2, 0.25) is 5.95 Å². The molecule has 0 aliphatic heterocycles. The third-order valence-corrected chi connectivity index (χ3v) is 2.61. The van der Waals surface area contributed by atoms with Gasteiger partial charge in [0.25, 0.3) is 0 Å². The highest BCUT2D eigenvalue weighted by atomic mass is 16.6. The molecule has 0 unspecified atom stereocenters. The Morgan fingerprint density at radius 1 is 1.40 bits per heavy atom. The fourth-order valence-corrected chi connectivity index (χ4v) is 1.73. The van der Waals surface area contributed by atoms with Crippen molar-refractivity contribution in [1.29, 1.82) is 5.26 Å². The Hall–Kier alpha value is -3.08. The predicted octanol–water partition coefficient (Wildman–Crippen LogP) is 1.67. The minimum absolute atomic E-state index is 0.136. The topological polar surface area (TPSA) is 118 Å². The zero-order valence-corrected chi connectivity index (χ0v) is 10.8. The molecule has 8 nitrogen and oxygen atoms in total. The molecular formula is C12H10N6O2. The average molecular weight is 270 g/mol. The molecule has 1 N–H and O–H groups in total. The van der Waals surface area contributed by atoms with E-state index in [1.807, 2.05) is 6.07 Å². The number of hydrogen-bond acceptors (Lipinski definition) is 7. The van der Waals surface area contributed by atoms with Crippen molar-refractivity contribution in [2.75, 3.05) is 12.4 Å². The molecule has 0 aliphatic rings. The molecule has 0 fully saturated rings. The molecule has 0 radical (unpaired) electrons. The molecule has 0 saturated heterocycles. The van der Waals surface area contributed by atoms with Crippen LogP contribution >= 0.6 is 0 Å². The van der Waals surface area contributed by atoms with Crippen molar-refractivity contribution >= 4 is 11.6 Å². The molecule has 8 heteroatoms. The lowest BCUT2D eigenvalue weighted by molar-refractivity contribution is -0.385. The molecular weight excluding hydrogens is 260 g/mol. The van der Waals surface area contributed by atoms with E-state index in [1.54, 1.807) is 7.05 Å². The van der Waals surface area contributed by atoms with Crippen molar-refractivity contribution in [2.45, 2.75) is 6.92 Å². The van der Waals surface area contributed by atoms with Crippen LogP contribution in [0.2, 0.25) is 0 Å². The second-order valence-corrected chi connectivity index (χ2v) is 3.91. The molecule has 0 atom stereocenters. The first-order valence-corrected chi connectivity index (χ1v) is 5.63. The Balaban J connectivity index is 2.73. The Morgan fingerprint density at radius 3 is 2.75 bits per heavy atom. The van der Waals surface area contributed by atoms with Crippen molar-refractivity contribution in [1.82, 2.24) is 15.0 Å². The van der Waals surface area contributed by atoms with Gasteiger partial charge in [-0.15, -0.1) is 0 Å². The number of anilines is 1. The van der Waals surface area contributed by atoms with Gasteiger partial charge in [-0.25, -0.2) is 9.97 Å². The fraction of sp³-hybridized carbons (Fsp3) is 0.167. The smallest absolute Gasteiger partial charge is 0.316 e. The van der Waals surface area contributed by atoms with Crippen LogP contribution in [0.25, 0.3) is 11.3 Å². The Kier molecular flexibility index (Phi) is 3.52. The fourth-order valence-electron chi connectivity index (χ4n) is 1.73. The summed E-state index contributed by atoms with van der Waals surface area (Å²) in [6, 6.07) is 3.44. The van der Waals surface area contributed by atoms with Crippen molar-refractivity contribution in [3.05, 3.63) is 39.8 Å². The van der Waals surface area contributed by atoms with E-state index >= 15 is 0 Å². The van der Waals surface area contributed by atoms with Crippen molar-refractivity contribution in [2.24, 2.45) is 0 Å². The second-order valence-electron chi connectivity index (χ2n) is 3.91. The van der Waals surface area contributed by atoms with E-state index in [2.05, 4.69) is 20.3 Å². The highest BCUT2D eigenvalue weighted by molar-refractivity contribution is 5.72. The number of nitrogens with zero attached hydrogens (tertiary/aromatic N) is 5. The van der Waals surface area contributed by atoms with Crippen LogP contribution in [0.1, 0.15) is 11.3 Å². The first-order valence-electron chi connectivity index (χ1n) is 5.63. The lowest BCUT2D eigenvalue weighted by atomic mass is 10.1. The van der Waals surface area contributed by atoms with E-state index in [1.165, 1.54) is 25.4 Å². The van der Waals surface area contributed by atoms with Crippen molar-refractivity contribution < 1.29 is 4.92 Å². The summed E-state index contributed by atoms with van der Waals surface area (Å²) in [4.78, 5) is 22.6. The molecule has 0 bridgehead atoms. The molecule has 2 aromatic rings. The molecule has 100 valence electrons. The zero-order chi connectivity index (χ0) is 14.7. The average Bonchev–Trinajstić information content (AvgIpc) is 2.45. The number of nitro groups is 1. The van der Waals surface area contributed by atoms with Crippen LogP contribution in [-0.4, -0.2) is 26.9 Å². The molecule has 0 amide bonds. The predicted molar refractivity (Wildman–Crippen MR) is 70.9 cm³/mol. The van der Waals surface area contributed by atoms with Gasteiger partial charge in [0, 0.05) is 25.0 Å². The number of nitriles is 1. The molecule has 0 aromatic carbocycles. The van der Waals surface area contributed by atoms with Gasteiger partial charge in [-0.05, 0) is 13.0 Å². The number of pyridine rings is 1. The third kappa shape index (κ3) is 2.37. The van der Waals surface area contributed by atoms with Gasteiger partial charge in [0.15, 0.2) is 5.69 Å². The van der Waals surface area contributed by atoms with Crippen LogP contribution in [0.3, 0.4) is 0 Å². The van der Waals surface area contributed by atoms with Crippen LogP contribution in [-0.2, 0) is 0 Å². The summed E-state index contributed by atoms with van der Waals surface area (Å²) < 4.78 is 0. The molecule has 0 aliphatic carbocycles. The van der Waals surface area contributed by atoms with Gasteiger partial charge in [-0.1, -0.05) is 0 Å². The largest absolute Gasteiger partial charge is 0.357 e. The van der Waals surface area contributed by atoms with Crippen LogP contribution in [0, 0.1) is 28.4 Å². The molecule has 20 heavy (non-hydrogen) atoms. The van der Waals surface area contributed by atoms with E-state index in [9.17, 15) is 10.1 Å². The lowest BCUT2D eigenvalue weighted by Gasteiger charge is -2.07. The highest BCUT2D eigenvalue weighted by Crippen LogP contribution is 2.30. The first-order chi connectivity index (χ1) is 9.56. The second kappa shape index (κ2) is 5.27. The number of nitrogens with one attached hydrogen (secondary N) is 1. The van der Waals surface area contributed by atoms with Crippen LogP contribution in [0.4, 0.5) is 11.6 Å². The van der Waals surface area contributed by atoms with E-state index in [0.29, 0.717) is 11.1 Å². The van der Waals surface area contributed by atoms with E-state index in [4.69, 9.17) is 5.26 Å². The first kappa shape index (κ1) is 13.4. The maximum atomic E-state index is 11.2. The van der Waals surface area contributed by atoms with Crippen LogP contribution < -0.4 is 5.32 Å². The third-order valence-electron chi connectivity index (χ3n) is 2.61. The van der Waals surface area contributed by atoms with Gasteiger partial charge in [0.1, 0.15) is 11.8 Å². The highest BCUT2D eigenvalue weighted by Gasteiger charge is 2.23. The van der Waals surface area contributed by atoms with Crippen LogP contribution in [0.15, 0.2) is 18.5 Å². The maximum Gasteiger partial charge on any atom is 0.316 e. The van der Waals surface area contributed by atoms with Gasteiger partial charge in [0.05, 0.1) is 10.5 Å². The Bertz CT molecular complexity index is 722. The van der Waals surface area contributed by atoms with E-state index in [0.717, 1.165) is 0 Å². The summed E-state index contributed by atoms with van der Waals surface area (Å²) >= 11 is 0.